The van der Waals surface area contributed by atoms with Gasteiger partial charge in [-0.1, -0.05) is 17.4 Å². The second-order valence-corrected chi connectivity index (χ2v) is 8.83. The highest BCUT2D eigenvalue weighted by Crippen LogP contribution is 2.40. The highest BCUT2D eigenvalue weighted by atomic mass is 32.1. The molecule has 0 aliphatic carbocycles. The molecule has 2 saturated heterocycles. The molecule has 1 spiro atoms. The van der Waals surface area contributed by atoms with Crippen molar-refractivity contribution in [1.82, 2.24) is 14.9 Å². The number of amides is 2. The molecule has 0 atom stereocenters. The first-order valence-corrected chi connectivity index (χ1v) is 11.2. The largest absolute Gasteiger partial charge is 0.479 e. The summed E-state index contributed by atoms with van der Waals surface area (Å²) in [6.07, 6.45) is 10.3. The van der Waals surface area contributed by atoms with Gasteiger partial charge in [0.2, 0.25) is 5.88 Å². The number of likely N-dealkylation sites (tertiary alicyclic amines) is 1. The van der Waals surface area contributed by atoms with Gasteiger partial charge in [0.25, 0.3) is 0 Å². The summed E-state index contributed by atoms with van der Waals surface area (Å²) < 4.78 is 11.8. The normalized spacial score (nSPS) is 18.8. The van der Waals surface area contributed by atoms with Crippen LogP contribution in [0.25, 0.3) is 15.8 Å². The van der Waals surface area contributed by atoms with Gasteiger partial charge in [0.05, 0.1) is 11.8 Å². The van der Waals surface area contributed by atoms with Gasteiger partial charge >= 0.3 is 6.03 Å². The lowest BCUT2D eigenvalue weighted by molar-refractivity contribution is 0.0211. The second kappa shape index (κ2) is 9.15. The fourth-order valence-electron chi connectivity index (χ4n) is 4.27. The number of hydrogen-bond acceptors (Lipinski definition) is 7. The SMILES string of the molecule is C=N/C=C\C(=C/C)c1cnc(OC)c2nc(NC(=O)N3CCC4(CCOCC4)C3)sc12. The Morgan fingerprint density at radius 1 is 1.42 bits per heavy atom. The Labute approximate surface area is 185 Å². The van der Waals surface area contributed by atoms with Gasteiger partial charge in [0.1, 0.15) is 5.52 Å². The number of methoxy groups -OCH3 is 1. The summed E-state index contributed by atoms with van der Waals surface area (Å²) >= 11 is 1.41. The summed E-state index contributed by atoms with van der Waals surface area (Å²) in [5, 5.41) is 3.52. The summed E-state index contributed by atoms with van der Waals surface area (Å²) in [6.45, 7) is 8.53. The number of thiazole rings is 1. The van der Waals surface area contributed by atoms with Crippen LogP contribution in [0, 0.1) is 5.41 Å². The molecule has 4 rings (SSSR count). The quantitative estimate of drug-likeness (QED) is 0.550. The Morgan fingerprint density at radius 2 is 2.23 bits per heavy atom. The summed E-state index contributed by atoms with van der Waals surface area (Å²) in [5.74, 6) is 0.430. The number of carbonyl (C=O) groups is 1. The van der Waals surface area contributed by atoms with E-state index in [1.807, 2.05) is 24.0 Å². The zero-order valence-corrected chi connectivity index (χ0v) is 18.7. The lowest BCUT2D eigenvalue weighted by Gasteiger charge is -2.33. The minimum atomic E-state index is -0.113. The molecule has 31 heavy (non-hydrogen) atoms. The molecule has 2 aromatic rings. The van der Waals surface area contributed by atoms with Crippen LogP contribution in [0.3, 0.4) is 0 Å². The van der Waals surface area contributed by atoms with E-state index in [0.717, 1.165) is 61.4 Å². The van der Waals surface area contributed by atoms with Gasteiger partial charge in [-0.05, 0) is 50.0 Å². The van der Waals surface area contributed by atoms with Crippen LogP contribution in [-0.2, 0) is 4.74 Å². The molecule has 0 bridgehead atoms. The molecule has 4 heterocycles. The minimum absolute atomic E-state index is 0.113. The van der Waals surface area contributed by atoms with E-state index < -0.39 is 0 Å². The number of ether oxygens (including phenoxy) is 2. The number of nitrogens with one attached hydrogen (secondary N) is 1. The van der Waals surface area contributed by atoms with Crippen LogP contribution >= 0.6 is 11.3 Å². The van der Waals surface area contributed by atoms with Crippen molar-refractivity contribution in [3.05, 3.63) is 30.1 Å². The van der Waals surface area contributed by atoms with Gasteiger partial charge in [0, 0.05) is 44.3 Å². The molecule has 1 N–H and O–H groups in total. The maximum Gasteiger partial charge on any atom is 0.323 e. The van der Waals surface area contributed by atoms with Crippen molar-refractivity contribution in [1.29, 1.82) is 0 Å². The van der Waals surface area contributed by atoms with Crippen LogP contribution in [0.1, 0.15) is 31.7 Å². The first kappa shape index (κ1) is 21.5. The fourth-order valence-corrected chi connectivity index (χ4v) is 5.24. The van der Waals surface area contributed by atoms with Gasteiger partial charge in [-0.2, -0.15) is 0 Å². The van der Waals surface area contributed by atoms with E-state index in [2.05, 4.69) is 27.0 Å². The average Bonchev–Trinajstić information content (AvgIpc) is 3.39. The van der Waals surface area contributed by atoms with E-state index in [1.165, 1.54) is 11.3 Å². The monoisotopic (exact) mass is 441 g/mol. The highest BCUT2D eigenvalue weighted by molar-refractivity contribution is 7.22. The third kappa shape index (κ3) is 4.33. The van der Waals surface area contributed by atoms with E-state index in [-0.39, 0.29) is 11.4 Å². The molecule has 0 radical (unpaired) electrons. The molecule has 2 fully saturated rings. The molecular formula is C22H27N5O3S. The number of aliphatic imine (C=N–C) groups is 1. The van der Waals surface area contributed by atoms with Crippen molar-refractivity contribution < 1.29 is 14.3 Å². The van der Waals surface area contributed by atoms with Crippen molar-refractivity contribution in [2.75, 3.05) is 38.7 Å². The lowest BCUT2D eigenvalue weighted by Crippen LogP contribution is -2.37. The number of allylic oxidation sites excluding steroid dienone is 3. The van der Waals surface area contributed by atoms with Gasteiger partial charge in [-0.15, -0.1) is 0 Å². The molecule has 0 saturated carbocycles. The maximum absolute atomic E-state index is 12.9. The van der Waals surface area contributed by atoms with Gasteiger partial charge in [-0.25, -0.2) is 14.8 Å². The Kier molecular flexibility index (Phi) is 6.33. The second-order valence-electron chi connectivity index (χ2n) is 7.83. The van der Waals surface area contributed by atoms with Crippen molar-refractivity contribution in [2.24, 2.45) is 10.4 Å². The summed E-state index contributed by atoms with van der Waals surface area (Å²) in [6, 6.07) is -0.113. The van der Waals surface area contributed by atoms with Crippen LogP contribution in [-0.4, -0.2) is 61.0 Å². The zero-order chi connectivity index (χ0) is 21.8. The molecule has 0 unspecified atom stereocenters. The molecule has 2 amide bonds. The number of hydrogen-bond donors (Lipinski definition) is 1. The molecule has 2 aliphatic heterocycles. The lowest BCUT2D eigenvalue weighted by atomic mass is 9.80. The topological polar surface area (TPSA) is 88.9 Å². The van der Waals surface area contributed by atoms with Crippen LogP contribution in [0.4, 0.5) is 9.93 Å². The first-order chi connectivity index (χ1) is 15.1. The number of fused-ring (bicyclic) bond motifs is 1. The Hall–Kier alpha value is -2.78. The van der Waals surface area contributed by atoms with E-state index in [9.17, 15) is 4.79 Å². The Morgan fingerprint density at radius 3 is 2.94 bits per heavy atom. The Balaban J connectivity index is 1.58. The third-order valence-corrected chi connectivity index (χ3v) is 7.06. The zero-order valence-electron chi connectivity index (χ0n) is 17.9. The Bertz CT molecular complexity index is 1040. The van der Waals surface area contributed by atoms with Crippen LogP contribution in [0.5, 0.6) is 5.88 Å². The summed E-state index contributed by atoms with van der Waals surface area (Å²) in [4.78, 5) is 27.6. The number of pyridine rings is 1. The summed E-state index contributed by atoms with van der Waals surface area (Å²) in [7, 11) is 1.56. The van der Waals surface area contributed by atoms with Gasteiger partial charge in [0.15, 0.2) is 5.13 Å². The van der Waals surface area contributed by atoms with Crippen LogP contribution in [0.15, 0.2) is 29.5 Å². The van der Waals surface area contributed by atoms with Gasteiger partial charge in [-0.3, -0.25) is 10.3 Å². The standard InChI is InChI=1S/C22H27N5O3S/c1-4-15(5-9-23-2)16-13-24-19(29-3)17-18(16)31-20(25-17)26-21(28)27-10-6-22(14-27)7-11-30-12-8-22/h4-5,9,13H,2,6-8,10-12,14H2,1,3H3,(H,25,26,28)/b9-5-,15-4+. The van der Waals surface area contributed by atoms with Gasteiger partial charge < -0.3 is 14.4 Å². The predicted molar refractivity (Wildman–Crippen MR) is 124 cm³/mol. The molecule has 8 nitrogen and oxygen atoms in total. The maximum atomic E-state index is 12.9. The van der Waals surface area contributed by atoms with Crippen molar-refractivity contribution in [3.8, 4) is 5.88 Å². The molecule has 2 aliphatic rings. The third-order valence-electron chi connectivity index (χ3n) is 6.05. The number of anilines is 1. The average molecular weight is 442 g/mol. The van der Waals surface area contributed by atoms with E-state index >= 15 is 0 Å². The van der Waals surface area contributed by atoms with Crippen molar-refractivity contribution >= 4 is 45.0 Å². The molecule has 9 heteroatoms. The summed E-state index contributed by atoms with van der Waals surface area (Å²) in [5.41, 5.74) is 2.67. The smallest absolute Gasteiger partial charge is 0.323 e. The van der Waals surface area contributed by atoms with E-state index in [4.69, 9.17) is 9.47 Å². The highest BCUT2D eigenvalue weighted by Gasteiger charge is 2.41. The number of nitrogens with zero attached hydrogens (tertiary/aromatic N) is 4. The van der Waals surface area contributed by atoms with Crippen LogP contribution in [0.2, 0.25) is 0 Å². The minimum Gasteiger partial charge on any atom is -0.479 e. The van der Waals surface area contributed by atoms with E-state index in [1.54, 1.807) is 19.5 Å². The van der Waals surface area contributed by atoms with Crippen molar-refractivity contribution in [3.63, 3.8) is 0 Å². The number of rotatable bonds is 5. The predicted octanol–water partition coefficient (Wildman–Crippen LogP) is 4.35. The van der Waals surface area contributed by atoms with Crippen molar-refractivity contribution in [2.45, 2.75) is 26.2 Å². The number of aromatic nitrogens is 2. The molecule has 164 valence electrons. The van der Waals surface area contributed by atoms with Crippen LogP contribution < -0.4 is 10.1 Å². The van der Waals surface area contributed by atoms with E-state index in [0.29, 0.717) is 16.5 Å². The molecular weight excluding hydrogens is 414 g/mol. The molecule has 0 aromatic carbocycles. The fraction of sp³-hybridized carbons (Fsp3) is 0.455. The number of urea groups is 1. The first-order valence-electron chi connectivity index (χ1n) is 10.4. The number of carbonyl (C=O) groups excluding carboxylic acids is 1. The molecule has 2 aromatic heterocycles.